The molecule has 2 aromatic rings. The second-order valence-corrected chi connectivity index (χ2v) is 6.59. The zero-order valence-electron chi connectivity index (χ0n) is 13.8. The molecule has 2 rings (SSSR count). The molecular weight excluding hydrogens is 328 g/mol. The average Bonchev–Trinajstić information content (AvgIpc) is 2.60. The Balaban J connectivity index is 2.12. The molecule has 0 radical (unpaired) electrons. The van der Waals surface area contributed by atoms with E-state index in [9.17, 15) is 8.42 Å². The molecule has 0 saturated heterocycles. The fourth-order valence-corrected chi connectivity index (χ4v) is 2.82. The highest BCUT2D eigenvalue weighted by Gasteiger charge is 2.13. The SMILES string of the molecule is CCOc1ccc(S(=O)(=O)NN=C(C)c2ccc(OC)cc2)cc1. The Morgan fingerprint density at radius 2 is 1.62 bits per heavy atom. The molecule has 0 atom stereocenters. The number of nitrogens with one attached hydrogen (secondary N) is 1. The summed E-state index contributed by atoms with van der Waals surface area (Å²) in [6.45, 7) is 4.11. The van der Waals surface area contributed by atoms with Crippen molar-refractivity contribution in [1.82, 2.24) is 4.83 Å². The van der Waals surface area contributed by atoms with Crippen molar-refractivity contribution in [2.24, 2.45) is 5.10 Å². The molecule has 0 saturated carbocycles. The quantitative estimate of drug-likeness (QED) is 0.616. The Hall–Kier alpha value is -2.54. The molecule has 0 heterocycles. The van der Waals surface area contributed by atoms with Gasteiger partial charge in [0, 0.05) is 0 Å². The number of benzene rings is 2. The molecule has 1 N–H and O–H groups in total. The minimum atomic E-state index is -3.73. The van der Waals surface area contributed by atoms with E-state index in [-0.39, 0.29) is 4.90 Å². The fourth-order valence-electron chi connectivity index (χ4n) is 1.96. The Morgan fingerprint density at radius 1 is 1.04 bits per heavy atom. The van der Waals surface area contributed by atoms with Gasteiger partial charge < -0.3 is 9.47 Å². The summed E-state index contributed by atoms with van der Waals surface area (Å²) in [4.78, 5) is 2.36. The third-order valence-corrected chi connectivity index (χ3v) is 4.51. The molecule has 0 fully saturated rings. The average molecular weight is 348 g/mol. The van der Waals surface area contributed by atoms with Gasteiger partial charge in [0.25, 0.3) is 10.0 Å². The van der Waals surface area contributed by atoms with Gasteiger partial charge in [-0.15, -0.1) is 0 Å². The van der Waals surface area contributed by atoms with E-state index in [2.05, 4.69) is 9.93 Å². The maximum Gasteiger partial charge on any atom is 0.276 e. The molecule has 0 unspecified atom stereocenters. The van der Waals surface area contributed by atoms with Crippen molar-refractivity contribution in [1.29, 1.82) is 0 Å². The van der Waals surface area contributed by atoms with Gasteiger partial charge in [-0.05, 0) is 67.9 Å². The number of sulfonamides is 1. The van der Waals surface area contributed by atoms with Crippen LogP contribution in [0.25, 0.3) is 0 Å². The van der Waals surface area contributed by atoms with Gasteiger partial charge in [0.15, 0.2) is 0 Å². The van der Waals surface area contributed by atoms with Gasteiger partial charge in [0.05, 0.1) is 24.3 Å². The summed E-state index contributed by atoms with van der Waals surface area (Å²) < 4.78 is 34.9. The van der Waals surface area contributed by atoms with E-state index in [1.807, 2.05) is 19.1 Å². The van der Waals surface area contributed by atoms with Crippen molar-refractivity contribution in [2.45, 2.75) is 18.7 Å². The van der Waals surface area contributed by atoms with Gasteiger partial charge >= 0.3 is 0 Å². The van der Waals surface area contributed by atoms with E-state index in [1.165, 1.54) is 12.1 Å². The Morgan fingerprint density at radius 3 is 2.17 bits per heavy atom. The van der Waals surface area contributed by atoms with Crippen LogP contribution in [-0.4, -0.2) is 27.8 Å². The van der Waals surface area contributed by atoms with Gasteiger partial charge in [-0.25, -0.2) is 0 Å². The molecular formula is C17H20N2O4S. The molecule has 0 aromatic heterocycles. The summed E-state index contributed by atoms with van der Waals surface area (Å²) in [6.07, 6.45) is 0. The Kier molecular flexibility index (Phi) is 5.81. The molecule has 6 nitrogen and oxygen atoms in total. The van der Waals surface area contributed by atoms with Crippen molar-refractivity contribution in [2.75, 3.05) is 13.7 Å². The van der Waals surface area contributed by atoms with Crippen LogP contribution in [0.2, 0.25) is 0 Å². The van der Waals surface area contributed by atoms with Gasteiger partial charge in [0.1, 0.15) is 11.5 Å². The summed E-state index contributed by atoms with van der Waals surface area (Å²) in [5.41, 5.74) is 1.34. The first kappa shape index (κ1) is 17.8. The van der Waals surface area contributed by atoms with Crippen molar-refractivity contribution in [3.63, 3.8) is 0 Å². The highest BCUT2D eigenvalue weighted by Crippen LogP contribution is 2.16. The van der Waals surface area contributed by atoms with Crippen LogP contribution < -0.4 is 14.3 Å². The molecule has 0 aliphatic rings. The lowest BCUT2D eigenvalue weighted by Gasteiger charge is -2.07. The first-order chi connectivity index (χ1) is 11.5. The molecule has 0 spiro atoms. The topological polar surface area (TPSA) is 77.0 Å². The predicted molar refractivity (Wildman–Crippen MR) is 93.1 cm³/mol. The monoisotopic (exact) mass is 348 g/mol. The van der Waals surface area contributed by atoms with Crippen LogP contribution >= 0.6 is 0 Å². The zero-order chi connectivity index (χ0) is 17.6. The summed E-state index contributed by atoms with van der Waals surface area (Å²) in [5, 5.41) is 3.96. The fraction of sp³-hybridized carbons (Fsp3) is 0.235. The van der Waals surface area contributed by atoms with Crippen LogP contribution in [0.4, 0.5) is 0 Å². The summed E-state index contributed by atoms with van der Waals surface area (Å²) in [6, 6.07) is 13.4. The van der Waals surface area contributed by atoms with Gasteiger partial charge in [-0.2, -0.15) is 18.4 Å². The molecule has 2 aromatic carbocycles. The maximum atomic E-state index is 12.3. The second-order valence-electron chi connectivity index (χ2n) is 4.92. The molecule has 24 heavy (non-hydrogen) atoms. The normalized spacial score (nSPS) is 11.9. The van der Waals surface area contributed by atoms with E-state index in [0.717, 1.165) is 11.3 Å². The van der Waals surface area contributed by atoms with Crippen LogP contribution in [0.3, 0.4) is 0 Å². The number of hydrogen-bond acceptors (Lipinski definition) is 5. The summed E-state index contributed by atoms with van der Waals surface area (Å²) in [7, 11) is -2.14. The first-order valence-corrected chi connectivity index (χ1v) is 8.88. The van der Waals surface area contributed by atoms with Crippen LogP contribution in [0.1, 0.15) is 19.4 Å². The van der Waals surface area contributed by atoms with E-state index >= 15 is 0 Å². The van der Waals surface area contributed by atoms with Crippen molar-refractivity contribution < 1.29 is 17.9 Å². The minimum absolute atomic E-state index is 0.122. The number of methoxy groups -OCH3 is 1. The lowest BCUT2D eigenvalue weighted by atomic mass is 10.1. The lowest BCUT2D eigenvalue weighted by Crippen LogP contribution is -2.19. The van der Waals surface area contributed by atoms with E-state index in [1.54, 1.807) is 38.3 Å². The van der Waals surface area contributed by atoms with Crippen molar-refractivity contribution in [3.05, 3.63) is 54.1 Å². The smallest absolute Gasteiger partial charge is 0.276 e. The standard InChI is InChI=1S/C17H20N2O4S/c1-4-23-16-9-11-17(12-10-16)24(20,21)19-18-13(2)14-5-7-15(22-3)8-6-14/h5-12,19H,4H2,1-3H3. The van der Waals surface area contributed by atoms with Crippen molar-refractivity contribution in [3.8, 4) is 11.5 Å². The number of hydrazone groups is 1. The highest BCUT2D eigenvalue weighted by molar-refractivity contribution is 7.89. The third-order valence-electron chi connectivity index (χ3n) is 3.29. The van der Waals surface area contributed by atoms with Gasteiger partial charge in [-0.3, -0.25) is 0 Å². The Bertz CT molecular complexity index is 797. The molecule has 7 heteroatoms. The highest BCUT2D eigenvalue weighted by atomic mass is 32.2. The number of hydrogen-bond donors (Lipinski definition) is 1. The zero-order valence-corrected chi connectivity index (χ0v) is 14.6. The molecule has 0 aliphatic carbocycles. The predicted octanol–water partition coefficient (Wildman–Crippen LogP) is 2.80. The van der Waals surface area contributed by atoms with Crippen LogP contribution in [0.5, 0.6) is 11.5 Å². The molecule has 128 valence electrons. The lowest BCUT2D eigenvalue weighted by molar-refractivity contribution is 0.340. The third kappa shape index (κ3) is 4.48. The summed E-state index contributed by atoms with van der Waals surface area (Å²) >= 11 is 0. The number of nitrogens with zero attached hydrogens (tertiary/aromatic N) is 1. The van der Waals surface area contributed by atoms with Gasteiger partial charge in [-0.1, -0.05) is 0 Å². The van der Waals surface area contributed by atoms with E-state index < -0.39 is 10.0 Å². The first-order valence-electron chi connectivity index (χ1n) is 7.39. The van der Waals surface area contributed by atoms with Crippen LogP contribution in [0.15, 0.2) is 58.5 Å². The minimum Gasteiger partial charge on any atom is -0.497 e. The maximum absolute atomic E-state index is 12.3. The van der Waals surface area contributed by atoms with Crippen LogP contribution in [-0.2, 0) is 10.0 Å². The molecule has 0 aliphatic heterocycles. The number of rotatable bonds is 7. The van der Waals surface area contributed by atoms with Crippen molar-refractivity contribution >= 4 is 15.7 Å². The Labute approximate surface area is 142 Å². The molecule has 0 bridgehead atoms. The van der Waals surface area contributed by atoms with Gasteiger partial charge in [0.2, 0.25) is 0 Å². The van der Waals surface area contributed by atoms with E-state index in [0.29, 0.717) is 18.1 Å². The second kappa shape index (κ2) is 7.83. The van der Waals surface area contributed by atoms with E-state index in [4.69, 9.17) is 9.47 Å². The number of ether oxygens (including phenoxy) is 2. The largest absolute Gasteiger partial charge is 0.497 e. The summed E-state index contributed by atoms with van der Waals surface area (Å²) in [5.74, 6) is 1.34. The van der Waals surface area contributed by atoms with Crippen LogP contribution in [0, 0.1) is 0 Å². The molecule has 0 amide bonds.